The molecule has 2 rings (SSSR count). The van der Waals surface area contributed by atoms with Gasteiger partial charge in [0.25, 0.3) is 0 Å². The Kier molecular flexibility index (Phi) is 3.36. The minimum absolute atomic E-state index is 0.510. The highest BCUT2D eigenvalue weighted by molar-refractivity contribution is 9.10. The molecule has 3 heteroatoms. The van der Waals surface area contributed by atoms with Gasteiger partial charge in [-0.3, -0.25) is 4.98 Å². The van der Waals surface area contributed by atoms with E-state index >= 15 is 0 Å². The minimum atomic E-state index is 0.510. The van der Waals surface area contributed by atoms with Crippen molar-refractivity contribution >= 4 is 15.9 Å². The number of nitrogens with zero attached hydrogens (tertiary/aromatic N) is 1. The number of hydrogen-bond acceptors (Lipinski definition) is 2. The smallest absolute Gasteiger partial charge is 0.0319 e. The maximum absolute atomic E-state index is 5.74. The number of hydrogen-bond donors (Lipinski definition) is 1. The van der Waals surface area contributed by atoms with Crippen molar-refractivity contribution in [1.82, 2.24) is 4.98 Å². The topological polar surface area (TPSA) is 38.9 Å². The first-order valence-corrected chi connectivity index (χ1v) is 5.91. The fraction of sp³-hybridized carbons (Fsp3) is 0.154. The van der Waals surface area contributed by atoms with Crippen molar-refractivity contribution in [2.24, 2.45) is 5.73 Å². The van der Waals surface area contributed by atoms with E-state index < -0.39 is 0 Å². The second-order valence-corrected chi connectivity index (χ2v) is 4.62. The van der Waals surface area contributed by atoms with Crippen LogP contribution in [0.2, 0.25) is 0 Å². The van der Waals surface area contributed by atoms with E-state index in [0.29, 0.717) is 6.54 Å². The minimum Gasteiger partial charge on any atom is -0.326 e. The first-order chi connectivity index (χ1) is 7.72. The van der Waals surface area contributed by atoms with E-state index in [1.54, 1.807) is 0 Å². The molecule has 2 aromatic rings. The van der Waals surface area contributed by atoms with Crippen molar-refractivity contribution in [2.75, 3.05) is 0 Å². The third-order valence-electron chi connectivity index (χ3n) is 2.55. The van der Waals surface area contributed by atoms with Crippen molar-refractivity contribution in [1.29, 1.82) is 0 Å². The molecule has 2 N–H and O–H groups in total. The maximum Gasteiger partial charge on any atom is 0.0319 e. The molecule has 82 valence electrons. The van der Waals surface area contributed by atoms with Crippen LogP contribution >= 0.6 is 15.9 Å². The molecule has 1 aromatic heterocycles. The molecule has 1 aromatic carbocycles. The summed E-state index contributed by atoms with van der Waals surface area (Å²) < 4.78 is 1.07. The highest BCUT2D eigenvalue weighted by Gasteiger charge is 2.07. The molecular weight excluding hydrogens is 264 g/mol. The Labute approximate surface area is 104 Å². The van der Waals surface area contributed by atoms with Gasteiger partial charge in [0.2, 0.25) is 0 Å². The second kappa shape index (κ2) is 4.76. The average Bonchev–Trinajstić information content (AvgIpc) is 2.28. The van der Waals surface area contributed by atoms with Gasteiger partial charge in [0.05, 0.1) is 0 Å². The molecule has 1 heterocycles. The zero-order valence-corrected chi connectivity index (χ0v) is 10.7. The molecule has 0 radical (unpaired) electrons. The van der Waals surface area contributed by atoms with Crippen LogP contribution in [0.3, 0.4) is 0 Å². The summed E-state index contributed by atoms with van der Waals surface area (Å²) in [5, 5.41) is 0. The Morgan fingerprint density at radius 3 is 2.81 bits per heavy atom. The van der Waals surface area contributed by atoms with Gasteiger partial charge in [0.1, 0.15) is 0 Å². The van der Waals surface area contributed by atoms with Gasteiger partial charge in [0.15, 0.2) is 0 Å². The van der Waals surface area contributed by atoms with Gasteiger partial charge in [-0.15, -0.1) is 0 Å². The van der Waals surface area contributed by atoms with E-state index in [9.17, 15) is 0 Å². The summed E-state index contributed by atoms with van der Waals surface area (Å²) in [6.07, 6.45) is 3.71. The van der Waals surface area contributed by atoms with E-state index in [0.717, 1.165) is 15.6 Å². The normalized spacial score (nSPS) is 10.4. The van der Waals surface area contributed by atoms with Crippen LogP contribution in [0, 0.1) is 6.92 Å². The van der Waals surface area contributed by atoms with E-state index in [1.165, 1.54) is 11.1 Å². The van der Waals surface area contributed by atoms with E-state index in [1.807, 2.05) is 24.5 Å². The molecule has 0 fully saturated rings. The van der Waals surface area contributed by atoms with Crippen LogP contribution < -0.4 is 5.73 Å². The number of nitrogens with two attached hydrogens (primary N) is 1. The highest BCUT2D eigenvalue weighted by Crippen LogP contribution is 2.28. The van der Waals surface area contributed by atoms with Gasteiger partial charge >= 0.3 is 0 Å². The van der Waals surface area contributed by atoms with Crippen LogP contribution in [0.4, 0.5) is 0 Å². The lowest BCUT2D eigenvalue weighted by atomic mass is 9.97. The summed E-state index contributed by atoms with van der Waals surface area (Å²) in [5.74, 6) is 0. The second-order valence-electron chi connectivity index (χ2n) is 3.70. The number of pyridine rings is 1. The summed E-state index contributed by atoms with van der Waals surface area (Å²) >= 11 is 3.48. The number of halogens is 1. The molecule has 0 amide bonds. The molecule has 2 nitrogen and oxygen atoms in total. The Morgan fingerprint density at radius 1 is 1.31 bits per heavy atom. The first-order valence-electron chi connectivity index (χ1n) is 5.12. The zero-order chi connectivity index (χ0) is 11.5. The predicted octanol–water partition coefficient (Wildman–Crippen LogP) is 3.28. The number of aryl methyl sites for hydroxylation is 1. The largest absolute Gasteiger partial charge is 0.326 e. The number of rotatable bonds is 2. The molecule has 0 aliphatic heterocycles. The third kappa shape index (κ3) is 2.15. The molecule has 0 unspecified atom stereocenters. The first kappa shape index (κ1) is 11.3. The van der Waals surface area contributed by atoms with Crippen LogP contribution in [0.1, 0.15) is 11.1 Å². The monoisotopic (exact) mass is 276 g/mol. The highest BCUT2D eigenvalue weighted by atomic mass is 79.9. The molecule has 0 aliphatic rings. The van der Waals surface area contributed by atoms with Gasteiger partial charge in [-0.2, -0.15) is 0 Å². The van der Waals surface area contributed by atoms with Gasteiger partial charge in [-0.25, -0.2) is 0 Å². The SMILES string of the molecule is Cc1cncc(CN)c1-c1cccc(Br)c1. The quantitative estimate of drug-likeness (QED) is 0.914. The Morgan fingerprint density at radius 2 is 2.12 bits per heavy atom. The predicted molar refractivity (Wildman–Crippen MR) is 70.0 cm³/mol. The van der Waals surface area contributed by atoms with Gasteiger partial charge < -0.3 is 5.73 Å². The Balaban J connectivity index is 2.63. The van der Waals surface area contributed by atoms with Gasteiger partial charge in [0, 0.05) is 23.4 Å². The van der Waals surface area contributed by atoms with Crippen LogP contribution in [0.15, 0.2) is 41.1 Å². The Bertz CT molecular complexity index is 509. The lowest BCUT2D eigenvalue weighted by Gasteiger charge is -2.11. The summed E-state index contributed by atoms with van der Waals surface area (Å²) in [5.41, 5.74) is 10.3. The molecule has 0 aliphatic carbocycles. The van der Waals surface area contributed by atoms with Gasteiger partial charge in [-0.1, -0.05) is 28.1 Å². The molecule has 0 saturated carbocycles. The fourth-order valence-corrected chi connectivity index (χ4v) is 2.23. The van der Waals surface area contributed by atoms with Gasteiger partial charge in [-0.05, 0) is 41.3 Å². The van der Waals surface area contributed by atoms with E-state index in [4.69, 9.17) is 5.73 Å². The average molecular weight is 277 g/mol. The fourth-order valence-electron chi connectivity index (χ4n) is 1.83. The van der Waals surface area contributed by atoms with Crippen molar-refractivity contribution < 1.29 is 0 Å². The van der Waals surface area contributed by atoms with Crippen LogP contribution in [-0.4, -0.2) is 4.98 Å². The van der Waals surface area contributed by atoms with E-state index in [2.05, 4.69) is 40.0 Å². The van der Waals surface area contributed by atoms with Crippen LogP contribution in [-0.2, 0) is 6.54 Å². The summed E-state index contributed by atoms with van der Waals surface area (Å²) in [6, 6.07) is 8.23. The van der Waals surface area contributed by atoms with Crippen LogP contribution in [0.25, 0.3) is 11.1 Å². The molecule has 0 atom stereocenters. The number of aromatic nitrogens is 1. The molecule has 0 spiro atoms. The number of benzene rings is 1. The van der Waals surface area contributed by atoms with Crippen molar-refractivity contribution in [2.45, 2.75) is 13.5 Å². The molecular formula is C13H13BrN2. The lowest BCUT2D eigenvalue weighted by molar-refractivity contribution is 1.04. The Hall–Kier alpha value is -1.19. The standard InChI is InChI=1S/C13H13BrN2/c1-9-7-16-8-11(6-15)13(9)10-3-2-4-12(14)5-10/h2-5,7-8H,6,15H2,1H3. The van der Waals surface area contributed by atoms with Crippen molar-refractivity contribution in [3.05, 3.63) is 52.3 Å². The van der Waals surface area contributed by atoms with Crippen molar-refractivity contribution in [3.8, 4) is 11.1 Å². The summed E-state index contributed by atoms with van der Waals surface area (Å²) in [4.78, 5) is 4.17. The molecule has 16 heavy (non-hydrogen) atoms. The lowest BCUT2D eigenvalue weighted by Crippen LogP contribution is -2.01. The van der Waals surface area contributed by atoms with Crippen LogP contribution in [0.5, 0.6) is 0 Å². The maximum atomic E-state index is 5.74. The summed E-state index contributed by atoms with van der Waals surface area (Å²) in [7, 11) is 0. The zero-order valence-electron chi connectivity index (χ0n) is 9.07. The molecule has 0 bridgehead atoms. The molecule has 0 saturated heterocycles. The summed E-state index contributed by atoms with van der Waals surface area (Å²) in [6.45, 7) is 2.57. The van der Waals surface area contributed by atoms with Crippen molar-refractivity contribution in [3.63, 3.8) is 0 Å². The van der Waals surface area contributed by atoms with E-state index in [-0.39, 0.29) is 0 Å². The third-order valence-corrected chi connectivity index (χ3v) is 3.04.